The summed E-state index contributed by atoms with van der Waals surface area (Å²) in [5.74, 6) is 5.36. The quantitative estimate of drug-likeness (QED) is 0.451. The van der Waals surface area contributed by atoms with Gasteiger partial charge in [-0.15, -0.1) is 0 Å². The SMILES string of the molecule is CCC#C/C(=C\c1ccccc1)C(=O)OCC. The van der Waals surface area contributed by atoms with E-state index in [2.05, 4.69) is 11.8 Å². The zero-order chi connectivity index (χ0) is 12.5. The highest BCUT2D eigenvalue weighted by atomic mass is 16.5. The van der Waals surface area contributed by atoms with Gasteiger partial charge in [0.05, 0.1) is 6.61 Å². The van der Waals surface area contributed by atoms with E-state index in [1.54, 1.807) is 13.0 Å². The van der Waals surface area contributed by atoms with E-state index in [4.69, 9.17) is 4.74 Å². The molecule has 1 rings (SSSR count). The highest BCUT2D eigenvalue weighted by molar-refractivity contribution is 5.98. The van der Waals surface area contributed by atoms with Gasteiger partial charge in [0.2, 0.25) is 0 Å². The number of carbonyl (C=O) groups excluding carboxylic acids is 1. The molecular formula is C15H16O2. The highest BCUT2D eigenvalue weighted by Gasteiger charge is 2.07. The highest BCUT2D eigenvalue weighted by Crippen LogP contribution is 2.07. The molecular weight excluding hydrogens is 212 g/mol. The Morgan fingerprint density at radius 1 is 1.29 bits per heavy atom. The van der Waals surface area contributed by atoms with E-state index >= 15 is 0 Å². The minimum Gasteiger partial charge on any atom is -0.462 e. The van der Waals surface area contributed by atoms with Gasteiger partial charge in [-0.05, 0) is 18.6 Å². The van der Waals surface area contributed by atoms with E-state index in [9.17, 15) is 4.79 Å². The average molecular weight is 228 g/mol. The Bertz CT molecular complexity index is 447. The molecule has 17 heavy (non-hydrogen) atoms. The Kier molecular flexibility index (Phi) is 5.60. The Morgan fingerprint density at radius 3 is 2.59 bits per heavy atom. The second-order valence-corrected chi connectivity index (χ2v) is 3.34. The topological polar surface area (TPSA) is 26.3 Å². The van der Waals surface area contributed by atoms with Crippen LogP contribution in [0.5, 0.6) is 0 Å². The third kappa shape index (κ3) is 4.56. The second kappa shape index (κ2) is 7.29. The van der Waals surface area contributed by atoms with Crippen LogP contribution < -0.4 is 0 Å². The van der Waals surface area contributed by atoms with Crippen molar-refractivity contribution in [2.24, 2.45) is 0 Å². The van der Waals surface area contributed by atoms with Gasteiger partial charge >= 0.3 is 5.97 Å². The van der Waals surface area contributed by atoms with Crippen LogP contribution in [-0.2, 0) is 9.53 Å². The zero-order valence-corrected chi connectivity index (χ0v) is 10.2. The van der Waals surface area contributed by atoms with Crippen LogP contribution in [0.1, 0.15) is 25.8 Å². The normalized spacial score (nSPS) is 10.4. The molecule has 0 bridgehead atoms. The molecule has 0 fully saturated rings. The van der Waals surface area contributed by atoms with E-state index in [1.165, 1.54) is 0 Å². The molecule has 88 valence electrons. The fraction of sp³-hybridized carbons (Fsp3) is 0.267. The van der Waals surface area contributed by atoms with Crippen LogP contribution in [0.4, 0.5) is 0 Å². The standard InChI is InChI=1S/C15H16O2/c1-3-5-11-14(15(16)17-4-2)12-13-9-7-6-8-10-13/h6-10,12H,3-4H2,1-2H3/b14-12+. The zero-order valence-electron chi connectivity index (χ0n) is 10.2. The van der Waals surface area contributed by atoms with Gasteiger partial charge in [0.25, 0.3) is 0 Å². The summed E-state index contributed by atoms with van der Waals surface area (Å²) in [6.45, 7) is 4.09. The van der Waals surface area contributed by atoms with Gasteiger partial charge in [-0.25, -0.2) is 4.79 Å². The molecule has 0 N–H and O–H groups in total. The molecule has 0 radical (unpaired) electrons. The maximum Gasteiger partial charge on any atom is 0.346 e. The van der Waals surface area contributed by atoms with Crippen molar-refractivity contribution in [2.75, 3.05) is 6.61 Å². The maximum atomic E-state index is 11.7. The number of hydrogen-bond donors (Lipinski definition) is 0. The van der Waals surface area contributed by atoms with Gasteiger partial charge in [0.1, 0.15) is 5.57 Å². The third-order valence-corrected chi connectivity index (χ3v) is 2.01. The Morgan fingerprint density at radius 2 is 2.00 bits per heavy atom. The molecule has 1 aromatic carbocycles. The second-order valence-electron chi connectivity index (χ2n) is 3.34. The number of benzene rings is 1. The summed E-state index contributed by atoms with van der Waals surface area (Å²) >= 11 is 0. The molecule has 2 nitrogen and oxygen atoms in total. The molecule has 0 aliphatic heterocycles. The van der Waals surface area contributed by atoms with Crippen LogP contribution in [0.2, 0.25) is 0 Å². The fourth-order valence-corrected chi connectivity index (χ4v) is 1.25. The minimum atomic E-state index is -0.364. The monoisotopic (exact) mass is 228 g/mol. The molecule has 0 aliphatic rings. The predicted octanol–water partition coefficient (Wildman–Crippen LogP) is 3.05. The summed E-state index contributed by atoms with van der Waals surface area (Å²) in [6.07, 6.45) is 2.46. The van der Waals surface area contributed by atoms with Crippen molar-refractivity contribution in [3.63, 3.8) is 0 Å². The lowest BCUT2D eigenvalue weighted by atomic mass is 10.1. The van der Waals surface area contributed by atoms with Gasteiger partial charge in [0.15, 0.2) is 0 Å². The molecule has 0 heterocycles. The lowest BCUT2D eigenvalue weighted by Crippen LogP contribution is -2.06. The first kappa shape index (κ1) is 13.1. The van der Waals surface area contributed by atoms with Crippen molar-refractivity contribution >= 4 is 12.0 Å². The molecule has 0 atom stereocenters. The molecule has 0 saturated carbocycles. The molecule has 0 unspecified atom stereocenters. The van der Waals surface area contributed by atoms with Crippen molar-refractivity contribution in [3.05, 3.63) is 41.5 Å². The summed E-state index contributed by atoms with van der Waals surface area (Å²) < 4.78 is 4.96. The Labute approximate surface area is 102 Å². The molecule has 0 spiro atoms. The third-order valence-electron chi connectivity index (χ3n) is 2.01. The fourth-order valence-electron chi connectivity index (χ4n) is 1.25. The van der Waals surface area contributed by atoms with E-state index in [0.717, 1.165) is 5.56 Å². The largest absolute Gasteiger partial charge is 0.462 e. The van der Waals surface area contributed by atoms with Crippen molar-refractivity contribution in [1.29, 1.82) is 0 Å². The lowest BCUT2D eigenvalue weighted by molar-refractivity contribution is -0.137. The number of esters is 1. The molecule has 0 aliphatic carbocycles. The van der Waals surface area contributed by atoms with Gasteiger partial charge in [-0.1, -0.05) is 49.1 Å². The van der Waals surface area contributed by atoms with Crippen LogP contribution in [0.15, 0.2) is 35.9 Å². The number of hydrogen-bond acceptors (Lipinski definition) is 2. The van der Waals surface area contributed by atoms with Crippen LogP contribution in [0.3, 0.4) is 0 Å². The van der Waals surface area contributed by atoms with Crippen molar-refractivity contribution in [3.8, 4) is 11.8 Å². The first-order chi connectivity index (χ1) is 8.27. The Balaban J connectivity index is 2.98. The van der Waals surface area contributed by atoms with Crippen LogP contribution in [-0.4, -0.2) is 12.6 Å². The lowest BCUT2D eigenvalue weighted by Gasteiger charge is -2.00. The van der Waals surface area contributed by atoms with Gasteiger partial charge in [-0.3, -0.25) is 0 Å². The van der Waals surface area contributed by atoms with E-state index in [0.29, 0.717) is 18.6 Å². The number of carbonyl (C=O) groups is 1. The van der Waals surface area contributed by atoms with Crippen molar-refractivity contribution in [2.45, 2.75) is 20.3 Å². The smallest absolute Gasteiger partial charge is 0.346 e. The summed E-state index contributed by atoms with van der Waals surface area (Å²) in [4.78, 5) is 11.7. The van der Waals surface area contributed by atoms with Gasteiger partial charge in [0, 0.05) is 6.42 Å². The first-order valence-corrected chi connectivity index (χ1v) is 5.70. The van der Waals surface area contributed by atoms with Crippen LogP contribution in [0.25, 0.3) is 6.08 Å². The van der Waals surface area contributed by atoms with Crippen LogP contribution >= 0.6 is 0 Å². The Hall–Kier alpha value is -2.01. The summed E-state index contributed by atoms with van der Waals surface area (Å²) in [5.41, 5.74) is 1.35. The summed E-state index contributed by atoms with van der Waals surface area (Å²) in [5, 5.41) is 0. The molecule has 0 saturated heterocycles. The minimum absolute atomic E-state index is 0.360. The summed E-state index contributed by atoms with van der Waals surface area (Å²) in [7, 11) is 0. The number of ether oxygens (including phenoxy) is 1. The first-order valence-electron chi connectivity index (χ1n) is 5.70. The number of rotatable bonds is 3. The van der Waals surface area contributed by atoms with Crippen molar-refractivity contribution in [1.82, 2.24) is 0 Å². The van der Waals surface area contributed by atoms with Gasteiger partial charge in [-0.2, -0.15) is 0 Å². The van der Waals surface area contributed by atoms with E-state index in [-0.39, 0.29) is 5.97 Å². The van der Waals surface area contributed by atoms with E-state index < -0.39 is 0 Å². The van der Waals surface area contributed by atoms with Crippen molar-refractivity contribution < 1.29 is 9.53 Å². The van der Waals surface area contributed by atoms with Gasteiger partial charge < -0.3 is 4.74 Å². The predicted molar refractivity (Wildman–Crippen MR) is 69.1 cm³/mol. The summed E-state index contributed by atoms with van der Waals surface area (Å²) in [6, 6.07) is 9.61. The average Bonchev–Trinajstić information content (AvgIpc) is 2.36. The van der Waals surface area contributed by atoms with Crippen LogP contribution in [0, 0.1) is 11.8 Å². The molecule has 0 aromatic heterocycles. The molecule has 0 amide bonds. The molecule has 1 aromatic rings. The maximum absolute atomic E-state index is 11.7. The van der Waals surface area contributed by atoms with E-state index in [1.807, 2.05) is 37.3 Å². The molecule has 2 heteroatoms.